The van der Waals surface area contributed by atoms with E-state index in [-0.39, 0.29) is 12.5 Å². The molecular formula is C15H27N3O3. The molecule has 0 spiro atoms. The van der Waals surface area contributed by atoms with Gasteiger partial charge in [-0.1, -0.05) is 13.3 Å². The molecule has 0 atom stereocenters. The molecule has 6 nitrogen and oxygen atoms in total. The third-order valence-corrected chi connectivity index (χ3v) is 5.08. The Bertz CT molecular complexity index is 369. The number of hydrogen-bond donors (Lipinski definition) is 2. The highest BCUT2D eigenvalue weighted by molar-refractivity contribution is 5.74. The van der Waals surface area contributed by atoms with Crippen molar-refractivity contribution < 1.29 is 14.7 Å². The maximum Gasteiger partial charge on any atom is 0.317 e. The molecule has 21 heavy (non-hydrogen) atoms. The van der Waals surface area contributed by atoms with Crippen molar-refractivity contribution in [2.75, 3.05) is 39.3 Å². The van der Waals surface area contributed by atoms with Gasteiger partial charge < -0.3 is 15.3 Å². The Morgan fingerprint density at radius 1 is 1.19 bits per heavy atom. The summed E-state index contributed by atoms with van der Waals surface area (Å²) in [5.74, 6) is -0.763. The van der Waals surface area contributed by atoms with Crippen LogP contribution in [0.4, 0.5) is 4.79 Å². The molecule has 0 radical (unpaired) electrons. The van der Waals surface area contributed by atoms with Gasteiger partial charge in [0.2, 0.25) is 0 Å². The summed E-state index contributed by atoms with van der Waals surface area (Å²) in [5, 5.41) is 11.8. The number of nitrogens with one attached hydrogen (secondary N) is 1. The van der Waals surface area contributed by atoms with Crippen molar-refractivity contribution >= 4 is 12.0 Å². The number of carboxylic acids is 1. The molecule has 0 aromatic heterocycles. The van der Waals surface area contributed by atoms with Crippen molar-refractivity contribution in [3.05, 3.63) is 0 Å². The number of nitrogens with zero attached hydrogens (tertiary/aromatic N) is 2. The van der Waals surface area contributed by atoms with E-state index in [0.29, 0.717) is 25.0 Å². The molecule has 1 heterocycles. The van der Waals surface area contributed by atoms with E-state index in [1.807, 2.05) is 4.90 Å². The normalized spacial score (nSPS) is 21.7. The summed E-state index contributed by atoms with van der Waals surface area (Å²) in [6.45, 7) is 6.46. The molecule has 0 bridgehead atoms. The van der Waals surface area contributed by atoms with Crippen molar-refractivity contribution in [3.8, 4) is 0 Å². The van der Waals surface area contributed by atoms with Gasteiger partial charge in [0.05, 0.1) is 6.42 Å². The van der Waals surface area contributed by atoms with Gasteiger partial charge in [-0.3, -0.25) is 9.69 Å². The van der Waals surface area contributed by atoms with Gasteiger partial charge in [0.1, 0.15) is 0 Å². The van der Waals surface area contributed by atoms with E-state index in [0.717, 1.165) is 26.1 Å². The van der Waals surface area contributed by atoms with Crippen molar-refractivity contribution in [1.82, 2.24) is 15.1 Å². The van der Waals surface area contributed by atoms with Gasteiger partial charge in [0.15, 0.2) is 0 Å². The van der Waals surface area contributed by atoms with Crippen LogP contribution < -0.4 is 5.32 Å². The van der Waals surface area contributed by atoms with E-state index >= 15 is 0 Å². The fourth-order valence-electron chi connectivity index (χ4n) is 3.14. The number of amides is 2. The first-order chi connectivity index (χ1) is 10.0. The standard InChI is InChI=1S/C15H27N3O3/c1-2-15(5-3-6-15)12-16-14(21)18-10-8-17(9-11-18)7-4-13(19)20/h2-12H2,1H3,(H,16,21)(H,19,20). The molecule has 2 amide bonds. The largest absolute Gasteiger partial charge is 0.481 e. The predicted octanol–water partition coefficient (Wildman–Crippen LogP) is 1.37. The Labute approximate surface area is 126 Å². The Morgan fingerprint density at radius 3 is 2.33 bits per heavy atom. The van der Waals surface area contributed by atoms with Crippen LogP contribution in [0.1, 0.15) is 39.0 Å². The lowest BCUT2D eigenvalue weighted by atomic mass is 9.67. The van der Waals surface area contributed by atoms with Crippen molar-refractivity contribution in [2.24, 2.45) is 5.41 Å². The molecule has 2 fully saturated rings. The van der Waals surface area contributed by atoms with Crippen LogP contribution in [-0.2, 0) is 4.79 Å². The number of carbonyl (C=O) groups is 2. The summed E-state index contributed by atoms with van der Waals surface area (Å²) in [6.07, 6.45) is 5.05. The number of hydrogen-bond acceptors (Lipinski definition) is 3. The van der Waals surface area contributed by atoms with Gasteiger partial charge in [0.25, 0.3) is 0 Å². The second kappa shape index (κ2) is 7.11. The lowest BCUT2D eigenvalue weighted by Gasteiger charge is -2.42. The molecule has 120 valence electrons. The topological polar surface area (TPSA) is 72.9 Å². The average molecular weight is 297 g/mol. The van der Waals surface area contributed by atoms with Gasteiger partial charge in [0, 0.05) is 39.3 Å². The summed E-state index contributed by atoms with van der Waals surface area (Å²) in [5.41, 5.74) is 0.346. The molecule has 2 N–H and O–H groups in total. The van der Waals surface area contributed by atoms with Crippen LogP contribution in [0.2, 0.25) is 0 Å². The zero-order valence-corrected chi connectivity index (χ0v) is 12.9. The van der Waals surface area contributed by atoms with Crippen LogP contribution in [0, 0.1) is 5.41 Å². The smallest absolute Gasteiger partial charge is 0.317 e. The summed E-state index contributed by atoms with van der Waals surface area (Å²) in [4.78, 5) is 26.7. The van der Waals surface area contributed by atoms with Crippen molar-refractivity contribution in [1.29, 1.82) is 0 Å². The highest BCUT2D eigenvalue weighted by atomic mass is 16.4. The van der Waals surface area contributed by atoms with Crippen LogP contribution >= 0.6 is 0 Å². The highest BCUT2D eigenvalue weighted by Gasteiger charge is 2.35. The fourth-order valence-corrected chi connectivity index (χ4v) is 3.14. The average Bonchev–Trinajstić information content (AvgIpc) is 2.44. The van der Waals surface area contributed by atoms with Crippen molar-refractivity contribution in [3.63, 3.8) is 0 Å². The minimum atomic E-state index is -0.763. The molecule has 6 heteroatoms. The molecule has 2 aliphatic rings. The quantitative estimate of drug-likeness (QED) is 0.776. The monoisotopic (exact) mass is 297 g/mol. The minimum absolute atomic E-state index is 0.0348. The van der Waals surface area contributed by atoms with E-state index in [4.69, 9.17) is 5.11 Å². The number of aliphatic carboxylic acids is 1. The molecule has 1 saturated carbocycles. The van der Waals surface area contributed by atoms with E-state index in [2.05, 4.69) is 17.1 Å². The van der Waals surface area contributed by atoms with E-state index in [1.54, 1.807) is 0 Å². The van der Waals surface area contributed by atoms with Gasteiger partial charge >= 0.3 is 12.0 Å². The number of rotatable bonds is 6. The number of carbonyl (C=O) groups excluding carboxylic acids is 1. The van der Waals surface area contributed by atoms with Gasteiger partial charge in [-0.05, 0) is 24.7 Å². The molecule has 1 aliphatic heterocycles. The zero-order chi connectivity index (χ0) is 15.3. The predicted molar refractivity (Wildman–Crippen MR) is 80.2 cm³/mol. The maximum absolute atomic E-state index is 12.2. The molecule has 1 aliphatic carbocycles. The second-order valence-corrected chi connectivity index (χ2v) is 6.34. The summed E-state index contributed by atoms with van der Waals surface area (Å²) < 4.78 is 0. The number of piperazine rings is 1. The van der Waals surface area contributed by atoms with E-state index in [1.165, 1.54) is 19.3 Å². The molecule has 0 aromatic rings. The molecule has 1 saturated heterocycles. The minimum Gasteiger partial charge on any atom is -0.481 e. The first kappa shape index (κ1) is 16.1. The summed E-state index contributed by atoms with van der Waals surface area (Å²) >= 11 is 0. The molecule has 0 unspecified atom stereocenters. The second-order valence-electron chi connectivity index (χ2n) is 6.34. The van der Waals surface area contributed by atoms with Crippen LogP contribution in [0.5, 0.6) is 0 Å². The third kappa shape index (κ3) is 4.33. The SMILES string of the molecule is CCC1(CNC(=O)N2CCN(CCC(=O)O)CC2)CCC1. The Morgan fingerprint density at radius 2 is 1.86 bits per heavy atom. The Hall–Kier alpha value is -1.30. The van der Waals surface area contributed by atoms with Crippen LogP contribution in [0.3, 0.4) is 0 Å². The fraction of sp³-hybridized carbons (Fsp3) is 0.867. The van der Waals surface area contributed by atoms with Crippen LogP contribution in [0.15, 0.2) is 0 Å². The Kier molecular flexibility index (Phi) is 5.45. The summed E-state index contributed by atoms with van der Waals surface area (Å²) in [6, 6.07) is 0.0348. The lowest BCUT2D eigenvalue weighted by Crippen LogP contribution is -2.53. The molecular weight excluding hydrogens is 270 g/mol. The van der Waals surface area contributed by atoms with Gasteiger partial charge in [-0.25, -0.2) is 4.79 Å². The Balaban J connectivity index is 1.67. The maximum atomic E-state index is 12.2. The van der Waals surface area contributed by atoms with E-state index < -0.39 is 5.97 Å². The van der Waals surface area contributed by atoms with E-state index in [9.17, 15) is 9.59 Å². The van der Waals surface area contributed by atoms with Crippen LogP contribution in [0.25, 0.3) is 0 Å². The first-order valence-electron chi connectivity index (χ1n) is 8.02. The first-order valence-corrected chi connectivity index (χ1v) is 8.02. The zero-order valence-electron chi connectivity index (χ0n) is 12.9. The van der Waals surface area contributed by atoms with Crippen LogP contribution in [-0.4, -0.2) is 66.2 Å². The molecule has 0 aromatic carbocycles. The molecule has 2 rings (SSSR count). The lowest BCUT2D eigenvalue weighted by molar-refractivity contribution is -0.137. The highest BCUT2D eigenvalue weighted by Crippen LogP contribution is 2.43. The number of carboxylic acid groups (broad SMARTS) is 1. The number of urea groups is 1. The van der Waals surface area contributed by atoms with Gasteiger partial charge in [-0.2, -0.15) is 0 Å². The summed E-state index contributed by atoms with van der Waals surface area (Å²) in [7, 11) is 0. The van der Waals surface area contributed by atoms with Crippen molar-refractivity contribution in [2.45, 2.75) is 39.0 Å². The van der Waals surface area contributed by atoms with Gasteiger partial charge in [-0.15, -0.1) is 0 Å². The third-order valence-electron chi connectivity index (χ3n) is 5.08.